The third kappa shape index (κ3) is 4.65. The number of allylic oxidation sites excluding steroid dienone is 1. The molecule has 0 radical (unpaired) electrons. The number of rotatable bonds is 4. The maximum atomic E-state index is 12.7. The van der Waals surface area contributed by atoms with Gasteiger partial charge in [0, 0.05) is 11.8 Å². The summed E-state index contributed by atoms with van der Waals surface area (Å²) in [4.78, 5) is 11.2. The lowest BCUT2D eigenvalue weighted by Gasteiger charge is -2.14. The first-order valence-electron chi connectivity index (χ1n) is 5.63. The van der Waals surface area contributed by atoms with Crippen LogP contribution in [0.5, 0.6) is 0 Å². The molecule has 0 bridgehead atoms. The molecule has 0 spiro atoms. The van der Waals surface area contributed by atoms with Crippen LogP contribution in [0, 0.1) is 0 Å². The van der Waals surface area contributed by atoms with Gasteiger partial charge in [-0.1, -0.05) is 12.1 Å². The molecule has 0 aromatic heterocycles. The molecule has 0 saturated heterocycles. The van der Waals surface area contributed by atoms with E-state index < -0.39 is 17.7 Å². The van der Waals surface area contributed by atoms with E-state index in [2.05, 4.69) is 10.1 Å². The highest BCUT2D eigenvalue weighted by Gasteiger charge is 2.33. The monoisotopic (exact) mass is 273 g/mol. The number of benzene rings is 1. The van der Waals surface area contributed by atoms with Crippen molar-refractivity contribution in [2.75, 3.05) is 11.9 Å². The minimum atomic E-state index is -4.45. The lowest BCUT2D eigenvalue weighted by molar-refractivity contribution is -0.137. The molecule has 19 heavy (non-hydrogen) atoms. The van der Waals surface area contributed by atoms with E-state index in [9.17, 15) is 18.0 Å². The molecule has 0 amide bonds. The quantitative estimate of drug-likeness (QED) is 0.673. The third-order valence-corrected chi connectivity index (χ3v) is 2.19. The summed E-state index contributed by atoms with van der Waals surface area (Å²) in [6.45, 7) is 3.35. The number of ether oxygens (including phenoxy) is 1. The fourth-order valence-electron chi connectivity index (χ4n) is 1.45. The fourth-order valence-corrected chi connectivity index (χ4v) is 1.45. The molecule has 0 aliphatic heterocycles. The van der Waals surface area contributed by atoms with Gasteiger partial charge in [-0.25, -0.2) is 4.79 Å². The Hall–Kier alpha value is -1.98. The maximum Gasteiger partial charge on any atom is 0.418 e. The van der Waals surface area contributed by atoms with Gasteiger partial charge in [-0.05, 0) is 26.0 Å². The van der Waals surface area contributed by atoms with Crippen LogP contribution in [0.25, 0.3) is 0 Å². The summed E-state index contributed by atoms with van der Waals surface area (Å²) >= 11 is 0. The first-order valence-corrected chi connectivity index (χ1v) is 5.63. The van der Waals surface area contributed by atoms with E-state index in [1.54, 1.807) is 6.92 Å². The van der Waals surface area contributed by atoms with Gasteiger partial charge in [0.15, 0.2) is 0 Å². The Morgan fingerprint density at radius 1 is 1.37 bits per heavy atom. The predicted molar refractivity (Wildman–Crippen MR) is 65.5 cm³/mol. The normalized spacial score (nSPS) is 12.2. The Labute approximate surface area is 109 Å². The van der Waals surface area contributed by atoms with Crippen molar-refractivity contribution in [3.05, 3.63) is 41.6 Å². The van der Waals surface area contributed by atoms with Crippen molar-refractivity contribution in [1.29, 1.82) is 0 Å². The largest absolute Gasteiger partial charge is 0.463 e. The second kappa shape index (κ2) is 6.26. The van der Waals surface area contributed by atoms with E-state index in [0.717, 1.165) is 12.1 Å². The van der Waals surface area contributed by atoms with Crippen molar-refractivity contribution in [2.45, 2.75) is 20.0 Å². The van der Waals surface area contributed by atoms with Crippen LogP contribution in [0.4, 0.5) is 18.9 Å². The van der Waals surface area contributed by atoms with E-state index >= 15 is 0 Å². The maximum absolute atomic E-state index is 12.7. The molecule has 1 aromatic rings. The number of esters is 1. The standard InChI is InChI=1S/C13H14F3NO2/c1-3-19-12(18)8-9(2)17-11-7-5-4-6-10(11)13(14,15)16/h4-8,17H,3H2,1-2H3/b9-8+. The third-order valence-electron chi connectivity index (χ3n) is 2.19. The van der Waals surface area contributed by atoms with Crippen molar-refractivity contribution in [1.82, 2.24) is 0 Å². The number of carbonyl (C=O) groups is 1. The number of nitrogens with one attached hydrogen (secondary N) is 1. The van der Waals surface area contributed by atoms with Gasteiger partial charge in [-0.15, -0.1) is 0 Å². The first kappa shape index (κ1) is 15.1. The molecule has 0 fully saturated rings. The second-order valence-corrected chi connectivity index (χ2v) is 3.75. The SMILES string of the molecule is CCOC(=O)/C=C(\C)Nc1ccccc1C(F)(F)F. The van der Waals surface area contributed by atoms with Crippen LogP contribution in [-0.4, -0.2) is 12.6 Å². The van der Waals surface area contributed by atoms with Gasteiger partial charge in [0.1, 0.15) is 0 Å². The number of para-hydroxylation sites is 1. The minimum absolute atomic E-state index is 0.104. The van der Waals surface area contributed by atoms with Gasteiger partial charge < -0.3 is 10.1 Å². The highest BCUT2D eigenvalue weighted by Crippen LogP contribution is 2.34. The minimum Gasteiger partial charge on any atom is -0.463 e. The Balaban J connectivity index is 2.91. The van der Waals surface area contributed by atoms with Crippen LogP contribution < -0.4 is 5.32 Å². The summed E-state index contributed by atoms with van der Waals surface area (Å²) in [6.07, 6.45) is -3.34. The predicted octanol–water partition coefficient (Wildman–Crippen LogP) is 3.58. The Morgan fingerprint density at radius 2 is 2.00 bits per heavy atom. The number of hydrogen-bond donors (Lipinski definition) is 1. The van der Waals surface area contributed by atoms with Crippen LogP contribution in [0.2, 0.25) is 0 Å². The summed E-state index contributed by atoms with van der Waals surface area (Å²) < 4.78 is 42.9. The molecule has 0 atom stereocenters. The van der Waals surface area contributed by atoms with Gasteiger partial charge in [0.25, 0.3) is 0 Å². The number of anilines is 1. The van der Waals surface area contributed by atoms with Crippen molar-refractivity contribution in [3.63, 3.8) is 0 Å². The highest BCUT2D eigenvalue weighted by atomic mass is 19.4. The van der Waals surface area contributed by atoms with Gasteiger partial charge >= 0.3 is 12.1 Å². The van der Waals surface area contributed by atoms with E-state index in [0.29, 0.717) is 0 Å². The summed E-state index contributed by atoms with van der Waals surface area (Å²) in [6, 6.07) is 5.05. The van der Waals surface area contributed by atoms with Crippen molar-refractivity contribution < 1.29 is 22.7 Å². The van der Waals surface area contributed by atoms with E-state index in [-0.39, 0.29) is 18.0 Å². The average molecular weight is 273 g/mol. The van der Waals surface area contributed by atoms with Crippen LogP contribution in [0.1, 0.15) is 19.4 Å². The summed E-state index contributed by atoms with van der Waals surface area (Å²) in [5.74, 6) is -0.600. The van der Waals surface area contributed by atoms with Crippen LogP contribution in [-0.2, 0) is 15.7 Å². The Morgan fingerprint density at radius 3 is 2.58 bits per heavy atom. The van der Waals surface area contributed by atoms with E-state index in [1.807, 2.05) is 0 Å². The molecule has 0 saturated carbocycles. The van der Waals surface area contributed by atoms with E-state index in [4.69, 9.17) is 0 Å². The summed E-state index contributed by atoms with van der Waals surface area (Å²) in [5, 5.41) is 2.55. The van der Waals surface area contributed by atoms with Crippen molar-refractivity contribution in [2.24, 2.45) is 0 Å². The summed E-state index contributed by atoms with van der Waals surface area (Å²) in [7, 11) is 0. The highest BCUT2D eigenvalue weighted by molar-refractivity contribution is 5.83. The van der Waals surface area contributed by atoms with Gasteiger partial charge in [0.2, 0.25) is 0 Å². The van der Waals surface area contributed by atoms with Crippen LogP contribution in [0.15, 0.2) is 36.0 Å². The molecule has 104 valence electrons. The van der Waals surface area contributed by atoms with E-state index in [1.165, 1.54) is 25.1 Å². The number of alkyl halides is 3. The molecule has 6 heteroatoms. The fraction of sp³-hybridized carbons (Fsp3) is 0.308. The zero-order valence-corrected chi connectivity index (χ0v) is 10.5. The van der Waals surface area contributed by atoms with Crippen molar-refractivity contribution in [3.8, 4) is 0 Å². The van der Waals surface area contributed by atoms with Gasteiger partial charge in [0.05, 0.1) is 17.9 Å². The molecule has 0 aliphatic rings. The molecule has 1 rings (SSSR count). The smallest absolute Gasteiger partial charge is 0.418 e. The van der Waals surface area contributed by atoms with Crippen LogP contribution >= 0.6 is 0 Å². The molecule has 0 aliphatic carbocycles. The molecular weight excluding hydrogens is 259 g/mol. The lowest BCUT2D eigenvalue weighted by atomic mass is 10.1. The zero-order chi connectivity index (χ0) is 14.5. The number of hydrogen-bond acceptors (Lipinski definition) is 3. The molecule has 1 N–H and O–H groups in total. The topological polar surface area (TPSA) is 38.3 Å². The second-order valence-electron chi connectivity index (χ2n) is 3.75. The van der Waals surface area contributed by atoms with Gasteiger partial charge in [-0.2, -0.15) is 13.2 Å². The summed E-state index contributed by atoms with van der Waals surface area (Å²) in [5.41, 5.74) is -0.616. The Kier molecular flexibility index (Phi) is 4.97. The molecule has 1 aromatic carbocycles. The molecule has 0 unspecified atom stereocenters. The van der Waals surface area contributed by atoms with Crippen LogP contribution in [0.3, 0.4) is 0 Å². The zero-order valence-electron chi connectivity index (χ0n) is 10.5. The van der Waals surface area contributed by atoms with Gasteiger partial charge in [-0.3, -0.25) is 0 Å². The molecule has 0 heterocycles. The first-order chi connectivity index (χ1) is 8.84. The van der Waals surface area contributed by atoms with Crippen molar-refractivity contribution >= 4 is 11.7 Å². The molecule has 3 nitrogen and oxygen atoms in total. The Bertz CT molecular complexity index is 481. The number of halogens is 3. The number of carbonyl (C=O) groups excluding carboxylic acids is 1. The lowest BCUT2D eigenvalue weighted by Crippen LogP contribution is -2.10. The average Bonchev–Trinajstić information content (AvgIpc) is 2.28. The molecular formula is C13H14F3NO2.